The van der Waals surface area contributed by atoms with Gasteiger partial charge in [-0.15, -0.1) is 0 Å². The SMILES string of the molecule is CN1CCC2(CCN(S(=O)(=O)c3cnn(-c4ccccc4F)c3)C2)C1. The summed E-state index contributed by atoms with van der Waals surface area (Å²) in [7, 11) is -1.54. The monoisotopic (exact) mass is 364 g/mol. The Morgan fingerprint density at radius 2 is 1.92 bits per heavy atom. The third kappa shape index (κ3) is 2.88. The van der Waals surface area contributed by atoms with E-state index in [-0.39, 0.29) is 16.0 Å². The van der Waals surface area contributed by atoms with Crippen molar-refractivity contribution in [3.05, 3.63) is 42.5 Å². The van der Waals surface area contributed by atoms with Gasteiger partial charge in [0.2, 0.25) is 10.0 Å². The quantitative estimate of drug-likeness (QED) is 0.832. The number of nitrogens with zero attached hydrogens (tertiary/aromatic N) is 4. The van der Waals surface area contributed by atoms with E-state index in [0.29, 0.717) is 13.1 Å². The lowest BCUT2D eigenvalue weighted by Gasteiger charge is -2.23. The fraction of sp³-hybridized carbons (Fsp3) is 0.471. The van der Waals surface area contributed by atoms with Crippen molar-refractivity contribution < 1.29 is 12.8 Å². The lowest BCUT2D eigenvalue weighted by atomic mass is 9.87. The summed E-state index contributed by atoms with van der Waals surface area (Å²) in [6.07, 6.45) is 4.61. The van der Waals surface area contributed by atoms with Crippen LogP contribution in [0.3, 0.4) is 0 Å². The maximum atomic E-state index is 13.9. The van der Waals surface area contributed by atoms with Gasteiger partial charge in [0.1, 0.15) is 16.4 Å². The molecule has 8 heteroatoms. The van der Waals surface area contributed by atoms with Gasteiger partial charge in [-0.05, 0) is 44.0 Å². The summed E-state index contributed by atoms with van der Waals surface area (Å²) in [5, 5.41) is 4.05. The third-order valence-corrected chi connectivity index (χ3v) is 7.13. The molecule has 2 fully saturated rings. The van der Waals surface area contributed by atoms with E-state index in [1.807, 2.05) is 0 Å². The Labute approximate surface area is 146 Å². The molecule has 1 spiro atoms. The minimum Gasteiger partial charge on any atom is -0.306 e. The van der Waals surface area contributed by atoms with Gasteiger partial charge in [-0.2, -0.15) is 9.40 Å². The molecule has 1 atom stereocenters. The van der Waals surface area contributed by atoms with Gasteiger partial charge in [-0.3, -0.25) is 0 Å². The maximum Gasteiger partial charge on any atom is 0.246 e. The number of hydrogen-bond acceptors (Lipinski definition) is 4. The van der Waals surface area contributed by atoms with Crippen LogP contribution in [0.4, 0.5) is 4.39 Å². The Balaban J connectivity index is 1.59. The van der Waals surface area contributed by atoms with Crippen molar-refractivity contribution in [3.8, 4) is 5.69 Å². The van der Waals surface area contributed by atoms with Crippen LogP contribution in [-0.2, 0) is 10.0 Å². The second kappa shape index (κ2) is 5.89. The van der Waals surface area contributed by atoms with Crippen LogP contribution < -0.4 is 0 Å². The van der Waals surface area contributed by atoms with Gasteiger partial charge in [-0.1, -0.05) is 12.1 Å². The standard InChI is InChI=1S/C17H21FN4O2S/c1-20-8-6-17(12-20)7-9-21(13-17)25(23,24)14-10-19-22(11-14)16-5-3-2-4-15(16)18/h2-5,10-11H,6-9,12-13H2,1H3. The zero-order chi connectivity index (χ0) is 17.7. The normalized spacial score (nSPS) is 25.2. The topological polar surface area (TPSA) is 58.4 Å². The highest BCUT2D eigenvalue weighted by molar-refractivity contribution is 7.89. The number of halogens is 1. The van der Waals surface area contributed by atoms with E-state index in [4.69, 9.17) is 0 Å². The van der Waals surface area contributed by atoms with E-state index < -0.39 is 15.8 Å². The first kappa shape index (κ1) is 16.7. The smallest absolute Gasteiger partial charge is 0.246 e. The van der Waals surface area contributed by atoms with Crippen molar-refractivity contribution in [2.75, 3.05) is 33.2 Å². The Morgan fingerprint density at radius 1 is 1.16 bits per heavy atom. The van der Waals surface area contributed by atoms with Gasteiger partial charge in [0.15, 0.2) is 0 Å². The molecule has 2 saturated heterocycles. The molecule has 0 amide bonds. The molecule has 2 aliphatic heterocycles. The lowest BCUT2D eigenvalue weighted by molar-refractivity contribution is 0.294. The molecule has 6 nitrogen and oxygen atoms in total. The highest BCUT2D eigenvalue weighted by Crippen LogP contribution is 2.40. The zero-order valence-corrected chi connectivity index (χ0v) is 14.9. The number of hydrogen-bond donors (Lipinski definition) is 0. The molecule has 134 valence electrons. The van der Waals surface area contributed by atoms with Crippen LogP contribution in [-0.4, -0.2) is 60.6 Å². The summed E-state index contributed by atoms with van der Waals surface area (Å²) in [6, 6.07) is 6.17. The molecule has 0 bridgehead atoms. The van der Waals surface area contributed by atoms with Crippen LogP contribution in [0.25, 0.3) is 5.69 Å². The van der Waals surface area contributed by atoms with Crippen LogP contribution in [0.2, 0.25) is 0 Å². The molecule has 2 aliphatic rings. The molecule has 1 aromatic heterocycles. The summed E-state index contributed by atoms with van der Waals surface area (Å²) in [5.74, 6) is -0.441. The van der Waals surface area contributed by atoms with E-state index in [1.165, 1.54) is 23.1 Å². The summed E-state index contributed by atoms with van der Waals surface area (Å²) < 4.78 is 42.6. The fourth-order valence-electron chi connectivity index (χ4n) is 3.95. The van der Waals surface area contributed by atoms with Crippen LogP contribution in [0.1, 0.15) is 12.8 Å². The first-order chi connectivity index (χ1) is 11.9. The number of likely N-dealkylation sites (tertiary alicyclic amines) is 1. The van der Waals surface area contributed by atoms with E-state index >= 15 is 0 Å². The minimum atomic E-state index is -3.61. The molecule has 0 radical (unpaired) electrons. The summed E-state index contributed by atoms with van der Waals surface area (Å²) in [4.78, 5) is 2.37. The molecule has 1 unspecified atom stereocenters. The van der Waals surface area contributed by atoms with Crippen molar-refractivity contribution in [2.45, 2.75) is 17.7 Å². The van der Waals surface area contributed by atoms with Crippen molar-refractivity contribution in [1.82, 2.24) is 19.0 Å². The summed E-state index contributed by atoms with van der Waals surface area (Å²) in [5.41, 5.74) is 0.308. The highest BCUT2D eigenvalue weighted by atomic mass is 32.2. The first-order valence-corrected chi connectivity index (χ1v) is 9.82. The molecule has 3 heterocycles. The van der Waals surface area contributed by atoms with Crippen LogP contribution in [0.15, 0.2) is 41.6 Å². The Bertz CT molecular complexity index is 898. The molecule has 0 aliphatic carbocycles. The van der Waals surface area contributed by atoms with E-state index in [0.717, 1.165) is 25.9 Å². The molecule has 25 heavy (non-hydrogen) atoms. The number of para-hydroxylation sites is 1. The molecular formula is C17H21FN4O2S. The average molecular weight is 364 g/mol. The first-order valence-electron chi connectivity index (χ1n) is 8.38. The summed E-state index contributed by atoms with van der Waals surface area (Å²) >= 11 is 0. The highest BCUT2D eigenvalue weighted by Gasteiger charge is 2.46. The molecular weight excluding hydrogens is 343 g/mol. The average Bonchev–Trinajstić information content (AvgIpc) is 3.29. The number of rotatable bonds is 3. The van der Waals surface area contributed by atoms with Gasteiger partial charge in [0, 0.05) is 19.6 Å². The van der Waals surface area contributed by atoms with E-state index in [1.54, 1.807) is 22.5 Å². The van der Waals surface area contributed by atoms with Crippen LogP contribution in [0.5, 0.6) is 0 Å². The molecule has 4 rings (SSSR count). The van der Waals surface area contributed by atoms with Crippen molar-refractivity contribution >= 4 is 10.0 Å². The van der Waals surface area contributed by atoms with Crippen LogP contribution >= 0.6 is 0 Å². The Morgan fingerprint density at radius 3 is 2.64 bits per heavy atom. The fourth-order valence-corrected chi connectivity index (χ4v) is 5.44. The predicted molar refractivity (Wildman–Crippen MR) is 91.4 cm³/mol. The Hall–Kier alpha value is -1.77. The third-order valence-electron chi connectivity index (χ3n) is 5.33. The van der Waals surface area contributed by atoms with E-state index in [9.17, 15) is 12.8 Å². The van der Waals surface area contributed by atoms with Gasteiger partial charge >= 0.3 is 0 Å². The van der Waals surface area contributed by atoms with Gasteiger partial charge < -0.3 is 4.90 Å². The second-order valence-electron chi connectivity index (χ2n) is 7.15. The minimum absolute atomic E-state index is 0.0728. The number of aromatic nitrogens is 2. The molecule has 1 aromatic carbocycles. The van der Waals surface area contributed by atoms with Crippen LogP contribution in [0, 0.1) is 11.2 Å². The van der Waals surface area contributed by atoms with Crippen molar-refractivity contribution in [3.63, 3.8) is 0 Å². The van der Waals surface area contributed by atoms with Crippen molar-refractivity contribution in [1.29, 1.82) is 0 Å². The summed E-state index contributed by atoms with van der Waals surface area (Å²) in [6.45, 7) is 3.03. The Kier molecular flexibility index (Phi) is 3.93. The number of benzene rings is 1. The lowest BCUT2D eigenvalue weighted by Crippen LogP contribution is -2.33. The second-order valence-corrected chi connectivity index (χ2v) is 9.09. The van der Waals surface area contributed by atoms with Gasteiger partial charge in [0.25, 0.3) is 0 Å². The van der Waals surface area contributed by atoms with Gasteiger partial charge in [0.05, 0.1) is 12.4 Å². The van der Waals surface area contributed by atoms with Gasteiger partial charge in [-0.25, -0.2) is 17.5 Å². The predicted octanol–water partition coefficient (Wildman–Crippen LogP) is 1.73. The number of sulfonamides is 1. The molecule has 0 saturated carbocycles. The largest absolute Gasteiger partial charge is 0.306 e. The van der Waals surface area contributed by atoms with Crippen molar-refractivity contribution in [2.24, 2.45) is 5.41 Å². The zero-order valence-electron chi connectivity index (χ0n) is 14.1. The maximum absolute atomic E-state index is 13.9. The molecule has 2 aromatic rings. The molecule has 0 N–H and O–H groups in total. The van der Waals surface area contributed by atoms with E-state index in [2.05, 4.69) is 17.0 Å².